The molecule has 1 amide bonds. The molecule has 0 spiro atoms. The first-order valence-electron chi connectivity index (χ1n) is 6.47. The summed E-state index contributed by atoms with van der Waals surface area (Å²) >= 11 is 0. The molecular formula is C12H21N3O2. The molecule has 2 rings (SSSR count). The van der Waals surface area contributed by atoms with Crippen molar-refractivity contribution in [3.05, 3.63) is 0 Å². The average Bonchev–Trinajstić information content (AvgIpc) is 2.85. The molecule has 1 heterocycles. The first-order chi connectivity index (χ1) is 8.19. The van der Waals surface area contributed by atoms with Gasteiger partial charge in [0.1, 0.15) is 0 Å². The highest BCUT2D eigenvalue weighted by Gasteiger charge is 2.41. The molecule has 1 fully saturated rings. The summed E-state index contributed by atoms with van der Waals surface area (Å²) in [5, 5.41) is 15.8. The van der Waals surface area contributed by atoms with Gasteiger partial charge in [0.05, 0.1) is 23.8 Å². The molecule has 3 unspecified atom stereocenters. The van der Waals surface area contributed by atoms with Gasteiger partial charge in [0.25, 0.3) is 5.91 Å². The zero-order valence-electron chi connectivity index (χ0n) is 10.3. The number of aliphatic hydroxyl groups excluding tert-OH is 1. The Labute approximate surface area is 102 Å². The monoisotopic (exact) mass is 239 g/mol. The molecule has 5 nitrogen and oxygen atoms in total. The predicted molar refractivity (Wildman–Crippen MR) is 65.4 cm³/mol. The molecule has 0 aromatic carbocycles. The molecule has 1 aliphatic carbocycles. The second kappa shape index (κ2) is 5.14. The second-order valence-corrected chi connectivity index (χ2v) is 4.82. The van der Waals surface area contributed by atoms with Crippen LogP contribution >= 0.6 is 0 Å². The number of rotatable bonds is 4. The van der Waals surface area contributed by atoms with Gasteiger partial charge in [0.2, 0.25) is 0 Å². The van der Waals surface area contributed by atoms with Crippen LogP contribution in [0.2, 0.25) is 0 Å². The van der Waals surface area contributed by atoms with Gasteiger partial charge in [-0.1, -0.05) is 6.92 Å². The summed E-state index contributed by atoms with van der Waals surface area (Å²) < 4.78 is 0. The number of hydrogen-bond acceptors (Lipinski definition) is 4. The van der Waals surface area contributed by atoms with Crippen molar-refractivity contribution < 1.29 is 9.90 Å². The van der Waals surface area contributed by atoms with Crippen LogP contribution in [0.3, 0.4) is 0 Å². The normalized spacial score (nSPS) is 33.4. The van der Waals surface area contributed by atoms with Crippen LogP contribution < -0.4 is 5.73 Å². The fraction of sp³-hybridized carbons (Fsp3) is 0.833. The van der Waals surface area contributed by atoms with Crippen LogP contribution in [0.15, 0.2) is 5.10 Å². The summed E-state index contributed by atoms with van der Waals surface area (Å²) in [5.41, 5.74) is 6.45. The zero-order chi connectivity index (χ0) is 12.4. The van der Waals surface area contributed by atoms with E-state index in [0.29, 0.717) is 13.0 Å². The molecule has 3 atom stereocenters. The van der Waals surface area contributed by atoms with E-state index in [4.69, 9.17) is 5.73 Å². The third-order valence-corrected chi connectivity index (χ3v) is 3.74. The van der Waals surface area contributed by atoms with Gasteiger partial charge >= 0.3 is 0 Å². The lowest BCUT2D eigenvalue weighted by Crippen LogP contribution is -2.40. The minimum absolute atomic E-state index is 0.0262. The summed E-state index contributed by atoms with van der Waals surface area (Å²) in [6.45, 7) is 2.50. The maximum Gasteiger partial charge on any atom is 0.251 e. The Morgan fingerprint density at radius 3 is 2.82 bits per heavy atom. The van der Waals surface area contributed by atoms with Crippen molar-refractivity contribution in [1.29, 1.82) is 0 Å². The van der Waals surface area contributed by atoms with Crippen LogP contribution in [0, 0.1) is 5.92 Å². The molecule has 2 aliphatic rings. The van der Waals surface area contributed by atoms with Gasteiger partial charge in [-0.2, -0.15) is 5.10 Å². The molecule has 0 bridgehead atoms. The average molecular weight is 239 g/mol. The van der Waals surface area contributed by atoms with Gasteiger partial charge in [-0.3, -0.25) is 4.79 Å². The Kier molecular flexibility index (Phi) is 3.79. The van der Waals surface area contributed by atoms with E-state index < -0.39 is 6.10 Å². The molecule has 1 saturated carbocycles. The molecule has 1 aliphatic heterocycles. The first-order valence-corrected chi connectivity index (χ1v) is 6.47. The topological polar surface area (TPSA) is 78.9 Å². The molecule has 17 heavy (non-hydrogen) atoms. The summed E-state index contributed by atoms with van der Waals surface area (Å²) in [6.07, 6.45) is 3.60. The van der Waals surface area contributed by atoms with Crippen LogP contribution in [0.25, 0.3) is 0 Å². The summed E-state index contributed by atoms with van der Waals surface area (Å²) in [6, 6.07) is -0.119. The van der Waals surface area contributed by atoms with E-state index in [1.165, 1.54) is 5.01 Å². The standard InChI is InChI=1S/C12H21N3O2/c1-2-9-8(6-7-13)12(17)15(14-9)10-4-3-5-11(10)16/h8,10-11,16H,2-7,13H2,1H3. The number of carbonyl (C=O) groups excluding carboxylic acids is 1. The quantitative estimate of drug-likeness (QED) is 0.748. The maximum atomic E-state index is 12.2. The Morgan fingerprint density at radius 1 is 1.53 bits per heavy atom. The molecule has 0 aromatic rings. The molecule has 5 heteroatoms. The fourth-order valence-corrected chi connectivity index (χ4v) is 2.78. The number of amides is 1. The molecule has 96 valence electrons. The van der Waals surface area contributed by atoms with E-state index in [1.54, 1.807) is 0 Å². The van der Waals surface area contributed by atoms with Crippen LogP contribution in [0.1, 0.15) is 39.0 Å². The largest absolute Gasteiger partial charge is 0.391 e. The highest BCUT2D eigenvalue weighted by atomic mass is 16.3. The highest BCUT2D eigenvalue weighted by Crippen LogP contribution is 2.30. The smallest absolute Gasteiger partial charge is 0.251 e. The van der Waals surface area contributed by atoms with Crippen molar-refractivity contribution in [2.45, 2.75) is 51.2 Å². The first kappa shape index (κ1) is 12.5. The molecule has 0 radical (unpaired) electrons. The Morgan fingerprint density at radius 2 is 2.29 bits per heavy atom. The van der Waals surface area contributed by atoms with Gasteiger partial charge in [-0.15, -0.1) is 0 Å². The Balaban J connectivity index is 2.14. The van der Waals surface area contributed by atoms with Gasteiger partial charge in [-0.25, -0.2) is 5.01 Å². The predicted octanol–water partition coefficient (Wildman–Crippen LogP) is 0.473. The van der Waals surface area contributed by atoms with E-state index in [1.807, 2.05) is 6.92 Å². The third kappa shape index (κ3) is 2.21. The lowest BCUT2D eigenvalue weighted by Gasteiger charge is -2.23. The highest BCUT2D eigenvalue weighted by molar-refractivity contribution is 6.08. The van der Waals surface area contributed by atoms with Crippen LogP contribution in [0.4, 0.5) is 0 Å². The summed E-state index contributed by atoms with van der Waals surface area (Å²) in [5.74, 6) is -0.129. The number of hydrazone groups is 1. The second-order valence-electron chi connectivity index (χ2n) is 4.82. The van der Waals surface area contributed by atoms with Crippen molar-refractivity contribution in [2.75, 3.05) is 6.54 Å². The minimum Gasteiger partial charge on any atom is -0.391 e. The number of hydrogen-bond donors (Lipinski definition) is 2. The van der Waals surface area contributed by atoms with Crippen molar-refractivity contribution in [3.63, 3.8) is 0 Å². The molecular weight excluding hydrogens is 218 g/mol. The number of nitrogens with two attached hydrogens (primary N) is 1. The van der Waals surface area contributed by atoms with Crippen molar-refractivity contribution >= 4 is 11.6 Å². The number of aliphatic hydroxyl groups is 1. The van der Waals surface area contributed by atoms with Crippen LogP contribution in [0.5, 0.6) is 0 Å². The van der Waals surface area contributed by atoms with Crippen molar-refractivity contribution in [2.24, 2.45) is 16.8 Å². The lowest BCUT2D eigenvalue weighted by atomic mass is 9.97. The number of nitrogens with zero attached hydrogens (tertiary/aromatic N) is 2. The van der Waals surface area contributed by atoms with E-state index in [2.05, 4.69) is 5.10 Å². The fourth-order valence-electron chi connectivity index (χ4n) is 2.78. The zero-order valence-corrected chi connectivity index (χ0v) is 10.3. The van der Waals surface area contributed by atoms with E-state index >= 15 is 0 Å². The number of carbonyl (C=O) groups is 1. The van der Waals surface area contributed by atoms with E-state index in [-0.39, 0.29) is 17.9 Å². The van der Waals surface area contributed by atoms with E-state index in [0.717, 1.165) is 31.4 Å². The summed E-state index contributed by atoms with van der Waals surface area (Å²) in [4.78, 5) is 12.2. The van der Waals surface area contributed by atoms with Gasteiger partial charge in [-0.05, 0) is 38.6 Å². The van der Waals surface area contributed by atoms with Crippen LogP contribution in [-0.4, -0.2) is 40.4 Å². The molecule has 0 aromatic heterocycles. The molecule has 0 saturated heterocycles. The Hall–Kier alpha value is -0.940. The van der Waals surface area contributed by atoms with Gasteiger partial charge < -0.3 is 10.8 Å². The molecule has 3 N–H and O–H groups in total. The third-order valence-electron chi connectivity index (χ3n) is 3.74. The van der Waals surface area contributed by atoms with Gasteiger partial charge in [0, 0.05) is 0 Å². The van der Waals surface area contributed by atoms with E-state index in [9.17, 15) is 9.90 Å². The van der Waals surface area contributed by atoms with Crippen molar-refractivity contribution in [1.82, 2.24) is 5.01 Å². The summed E-state index contributed by atoms with van der Waals surface area (Å²) in [7, 11) is 0. The Bertz CT molecular complexity index is 330. The van der Waals surface area contributed by atoms with Crippen LogP contribution in [-0.2, 0) is 4.79 Å². The van der Waals surface area contributed by atoms with Gasteiger partial charge in [0.15, 0.2) is 0 Å². The minimum atomic E-state index is -0.419. The van der Waals surface area contributed by atoms with Crippen molar-refractivity contribution in [3.8, 4) is 0 Å². The SMILES string of the molecule is CCC1=NN(C2CCCC2O)C(=O)C1CCN. The maximum absolute atomic E-state index is 12.2. The lowest BCUT2D eigenvalue weighted by molar-refractivity contribution is -0.135.